The molecule has 0 radical (unpaired) electrons. The highest BCUT2D eigenvalue weighted by molar-refractivity contribution is 9.10. The maximum atomic E-state index is 5.39. The number of aromatic nitrogens is 1. The van der Waals surface area contributed by atoms with Gasteiger partial charge in [0.15, 0.2) is 0 Å². The molecule has 1 aromatic heterocycles. The first kappa shape index (κ1) is 9.93. The van der Waals surface area contributed by atoms with Crippen molar-refractivity contribution >= 4 is 21.6 Å². The third-order valence-corrected chi connectivity index (χ3v) is 2.67. The van der Waals surface area contributed by atoms with Gasteiger partial charge in [0.05, 0.1) is 18.5 Å². The van der Waals surface area contributed by atoms with Gasteiger partial charge in [0.2, 0.25) is 0 Å². The van der Waals surface area contributed by atoms with Crippen molar-refractivity contribution in [2.75, 3.05) is 18.5 Å². The van der Waals surface area contributed by atoms with Gasteiger partial charge in [-0.05, 0) is 34.8 Å². The minimum absolute atomic E-state index is 0.430. The summed E-state index contributed by atoms with van der Waals surface area (Å²) in [5, 5.41) is 3.40. The van der Waals surface area contributed by atoms with Gasteiger partial charge < -0.3 is 10.1 Å². The van der Waals surface area contributed by atoms with Crippen molar-refractivity contribution in [3.8, 4) is 0 Å². The molecular formula is C10H13BrN2O. The second-order valence-corrected chi connectivity index (χ2v) is 4.37. The SMILES string of the molecule is Brc1cncc(NC2CCCOC2)c1. The van der Waals surface area contributed by atoms with E-state index < -0.39 is 0 Å². The third kappa shape index (κ3) is 2.69. The number of hydrogen-bond donors (Lipinski definition) is 1. The fraction of sp³-hybridized carbons (Fsp3) is 0.500. The van der Waals surface area contributed by atoms with Crippen LogP contribution in [0.25, 0.3) is 0 Å². The summed E-state index contributed by atoms with van der Waals surface area (Å²) in [5.74, 6) is 0. The van der Waals surface area contributed by atoms with E-state index in [0.29, 0.717) is 6.04 Å². The van der Waals surface area contributed by atoms with Crippen molar-refractivity contribution in [3.63, 3.8) is 0 Å². The first-order chi connectivity index (χ1) is 6.84. The highest BCUT2D eigenvalue weighted by Gasteiger charge is 2.13. The number of pyridine rings is 1. The lowest BCUT2D eigenvalue weighted by atomic mass is 10.1. The van der Waals surface area contributed by atoms with E-state index in [2.05, 4.69) is 26.2 Å². The topological polar surface area (TPSA) is 34.2 Å². The summed E-state index contributed by atoms with van der Waals surface area (Å²) in [4.78, 5) is 4.10. The van der Waals surface area contributed by atoms with Crippen molar-refractivity contribution in [1.82, 2.24) is 4.98 Å². The van der Waals surface area contributed by atoms with Gasteiger partial charge in [-0.1, -0.05) is 0 Å². The minimum Gasteiger partial charge on any atom is -0.379 e. The lowest BCUT2D eigenvalue weighted by Gasteiger charge is -2.23. The summed E-state index contributed by atoms with van der Waals surface area (Å²) in [7, 11) is 0. The normalized spacial score (nSPS) is 21.9. The molecule has 2 heterocycles. The Morgan fingerprint density at radius 1 is 1.50 bits per heavy atom. The number of ether oxygens (including phenoxy) is 1. The van der Waals surface area contributed by atoms with Gasteiger partial charge in [0, 0.05) is 23.3 Å². The molecule has 0 aliphatic carbocycles. The van der Waals surface area contributed by atoms with Crippen LogP contribution in [0, 0.1) is 0 Å². The summed E-state index contributed by atoms with van der Waals surface area (Å²) in [6.45, 7) is 1.70. The molecule has 1 aliphatic rings. The fourth-order valence-corrected chi connectivity index (χ4v) is 1.95. The molecule has 1 aliphatic heterocycles. The molecule has 2 rings (SSSR count). The largest absolute Gasteiger partial charge is 0.379 e. The van der Waals surface area contributed by atoms with E-state index in [-0.39, 0.29) is 0 Å². The van der Waals surface area contributed by atoms with Gasteiger partial charge in [-0.25, -0.2) is 0 Å². The van der Waals surface area contributed by atoms with Crippen LogP contribution >= 0.6 is 15.9 Å². The monoisotopic (exact) mass is 256 g/mol. The predicted molar refractivity (Wildman–Crippen MR) is 59.4 cm³/mol. The zero-order valence-electron chi connectivity index (χ0n) is 7.87. The molecule has 0 saturated carbocycles. The van der Waals surface area contributed by atoms with Crippen molar-refractivity contribution in [2.45, 2.75) is 18.9 Å². The van der Waals surface area contributed by atoms with Crippen LogP contribution in [0.4, 0.5) is 5.69 Å². The Morgan fingerprint density at radius 2 is 2.43 bits per heavy atom. The lowest BCUT2D eigenvalue weighted by molar-refractivity contribution is 0.0876. The van der Waals surface area contributed by atoms with Crippen LogP contribution in [-0.2, 0) is 4.74 Å². The molecule has 1 aromatic rings. The molecule has 1 N–H and O–H groups in total. The summed E-state index contributed by atoms with van der Waals surface area (Å²) in [6.07, 6.45) is 5.92. The average molecular weight is 257 g/mol. The number of hydrogen-bond acceptors (Lipinski definition) is 3. The van der Waals surface area contributed by atoms with Crippen LogP contribution in [0.15, 0.2) is 22.9 Å². The van der Waals surface area contributed by atoms with Crippen LogP contribution in [0.2, 0.25) is 0 Å². The Hall–Kier alpha value is -0.610. The van der Waals surface area contributed by atoms with Gasteiger partial charge in [-0.3, -0.25) is 4.98 Å². The van der Waals surface area contributed by atoms with Gasteiger partial charge in [0.1, 0.15) is 0 Å². The van der Waals surface area contributed by atoms with Crippen molar-refractivity contribution < 1.29 is 4.74 Å². The lowest BCUT2D eigenvalue weighted by Crippen LogP contribution is -2.29. The number of halogens is 1. The van der Waals surface area contributed by atoms with Gasteiger partial charge in [0.25, 0.3) is 0 Å². The van der Waals surface area contributed by atoms with E-state index in [9.17, 15) is 0 Å². The van der Waals surface area contributed by atoms with Crippen LogP contribution in [-0.4, -0.2) is 24.2 Å². The number of rotatable bonds is 2. The summed E-state index contributed by atoms with van der Waals surface area (Å²) in [5.41, 5.74) is 1.05. The molecule has 1 unspecified atom stereocenters. The smallest absolute Gasteiger partial charge is 0.0667 e. The van der Waals surface area contributed by atoms with Crippen molar-refractivity contribution in [2.24, 2.45) is 0 Å². The molecule has 76 valence electrons. The molecular weight excluding hydrogens is 244 g/mol. The van der Waals surface area contributed by atoms with E-state index in [1.165, 1.54) is 6.42 Å². The maximum absolute atomic E-state index is 5.39. The number of anilines is 1. The van der Waals surface area contributed by atoms with Gasteiger partial charge in [-0.2, -0.15) is 0 Å². The molecule has 1 atom stereocenters. The minimum atomic E-state index is 0.430. The number of nitrogens with one attached hydrogen (secondary N) is 1. The van der Waals surface area contributed by atoms with E-state index >= 15 is 0 Å². The van der Waals surface area contributed by atoms with E-state index in [1.807, 2.05) is 12.3 Å². The Balaban J connectivity index is 1.95. The van der Waals surface area contributed by atoms with Gasteiger partial charge in [-0.15, -0.1) is 0 Å². The fourth-order valence-electron chi connectivity index (χ4n) is 1.58. The average Bonchev–Trinajstić information content (AvgIpc) is 2.19. The van der Waals surface area contributed by atoms with Crippen molar-refractivity contribution in [3.05, 3.63) is 22.9 Å². The number of nitrogens with zero attached hydrogens (tertiary/aromatic N) is 1. The standard InChI is InChI=1S/C10H13BrN2O/c11-8-4-10(6-12-5-8)13-9-2-1-3-14-7-9/h4-6,9,13H,1-3,7H2. The summed E-state index contributed by atoms with van der Waals surface area (Å²) < 4.78 is 6.39. The summed E-state index contributed by atoms with van der Waals surface area (Å²) >= 11 is 3.39. The van der Waals surface area contributed by atoms with Crippen LogP contribution in [0.1, 0.15) is 12.8 Å². The quantitative estimate of drug-likeness (QED) is 0.883. The van der Waals surface area contributed by atoms with E-state index in [1.54, 1.807) is 6.20 Å². The molecule has 0 amide bonds. The Morgan fingerprint density at radius 3 is 3.14 bits per heavy atom. The molecule has 1 fully saturated rings. The Bertz CT molecular complexity index is 300. The van der Waals surface area contributed by atoms with E-state index in [4.69, 9.17) is 4.74 Å². The maximum Gasteiger partial charge on any atom is 0.0667 e. The molecule has 14 heavy (non-hydrogen) atoms. The first-order valence-corrected chi connectivity index (χ1v) is 5.59. The molecule has 3 nitrogen and oxygen atoms in total. The van der Waals surface area contributed by atoms with Crippen LogP contribution < -0.4 is 5.32 Å². The van der Waals surface area contributed by atoms with Crippen molar-refractivity contribution in [1.29, 1.82) is 0 Å². The van der Waals surface area contributed by atoms with Crippen LogP contribution in [0.5, 0.6) is 0 Å². The molecule has 0 bridgehead atoms. The first-order valence-electron chi connectivity index (χ1n) is 4.79. The van der Waals surface area contributed by atoms with E-state index in [0.717, 1.165) is 29.8 Å². The zero-order chi connectivity index (χ0) is 9.80. The Labute approximate surface area is 92.0 Å². The summed E-state index contributed by atoms with van der Waals surface area (Å²) in [6, 6.07) is 2.46. The molecule has 1 saturated heterocycles. The second kappa shape index (κ2) is 4.75. The highest BCUT2D eigenvalue weighted by atomic mass is 79.9. The third-order valence-electron chi connectivity index (χ3n) is 2.24. The molecule has 0 spiro atoms. The molecule has 4 heteroatoms. The predicted octanol–water partition coefficient (Wildman–Crippen LogP) is 2.44. The highest BCUT2D eigenvalue weighted by Crippen LogP contribution is 2.17. The van der Waals surface area contributed by atoms with Gasteiger partial charge >= 0.3 is 0 Å². The van der Waals surface area contributed by atoms with Crippen LogP contribution in [0.3, 0.4) is 0 Å². The molecule has 0 aromatic carbocycles. The second-order valence-electron chi connectivity index (χ2n) is 3.45. The Kier molecular flexibility index (Phi) is 3.37. The zero-order valence-corrected chi connectivity index (χ0v) is 9.46.